The molecule has 0 aliphatic carbocycles. The maximum atomic E-state index is 13.0. The molecule has 4 rings (SSSR count). The largest absolute Gasteiger partial charge is 0.490 e. The van der Waals surface area contributed by atoms with E-state index in [9.17, 15) is 9.90 Å². The van der Waals surface area contributed by atoms with Gasteiger partial charge in [-0.25, -0.2) is 4.79 Å². The zero-order valence-corrected chi connectivity index (χ0v) is 49.1. The summed E-state index contributed by atoms with van der Waals surface area (Å²) in [6.45, 7) is 23.6. The molecule has 0 bridgehead atoms. The number of benzene rings is 4. The highest BCUT2D eigenvalue weighted by atomic mass is 16.6. The molecular formula is C64H96O14. The highest BCUT2D eigenvalue weighted by Crippen LogP contribution is 2.46. The van der Waals surface area contributed by atoms with Crippen LogP contribution < -0.4 is 56.8 Å². The normalized spacial score (nSPS) is 11.0. The van der Waals surface area contributed by atoms with E-state index in [1.165, 1.54) is 12.1 Å². The molecule has 4 aromatic carbocycles. The predicted octanol–water partition coefficient (Wildman–Crippen LogP) is 16.7. The van der Waals surface area contributed by atoms with Gasteiger partial charge in [-0.3, -0.25) is 0 Å². The van der Waals surface area contributed by atoms with Crippen molar-refractivity contribution in [1.82, 2.24) is 0 Å². The Morgan fingerprint density at radius 2 is 0.474 bits per heavy atom. The van der Waals surface area contributed by atoms with Gasteiger partial charge in [-0.2, -0.15) is 0 Å². The molecular weight excluding hydrogens is 993 g/mol. The van der Waals surface area contributed by atoms with E-state index in [1.54, 1.807) is 0 Å². The first-order chi connectivity index (χ1) is 38.2. The van der Waals surface area contributed by atoms with Crippen LogP contribution in [0.1, 0.15) is 205 Å². The smallest absolute Gasteiger partial charge is 0.335 e. The van der Waals surface area contributed by atoms with E-state index in [-0.39, 0.29) is 42.6 Å². The van der Waals surface area contributed by atoms with Gasteiger partial charge in [0.1, 0.15) is 19.8 Å². The summed E-state index contributed by atoms with van der Waals surface area (Å²) in [6, 6.07) is 14.4. The van der Waals surface area contributed by atoms with Crippen LogP contribution in [0.4, 0.5) is 0 Å². The van der Waals surface area contributed by atoms with Gasteiger partial charge in [0.2, 0.25) is 23.0 Å². The third kappa shape index (κ3) is 22.4. The van der Waals surface area contributed by atoms with Crippen molar-refractivity contribution in [3.05, 3.63) is 70.8 Å². The van der Waals surface area contributed by atoms with Gasteiger partial charge in [-0.15, -0.1) is 0 Å². The van der Waals surface area contributed by atoms with Crippen LogP contribution in [0.5, 0.6) is 69.0 Å². The van der Waals surface area contributed by atoms with Gasteiger partial charge in [-0.05, 0) is 123 Å². The average molecular weight is 1090 g/mol. The number of rotatable bonds is 46. The molecule has 0 saturated carbocycles. The molecule has 78 heavy (non-hydrogen) atoms. The van der Waals surface area contributed by atoms with E-state index in [2.05, 4.69) is 62.3 Å². The third-order valence-electron chi connectivity index (χ3n) is 12.4. The second kappa shape index (κ2) is 38.5. The molecule has 0 amide bonds. The van der Waals surface area contributed by atoms with E-state index in [4.69, 9.17) is 56.8 Å². The Bertz CT molecular complexity index is 2100. The van der Waals surface area contributed by atoms with Gasteiger partial charge in [0.25, 0.3) is 0 Å². The van der Waals surface area contributed by atoms with Crippen molar-refractivity contribution in [2.75, 3.05) is 59.5 Å². The van der Waals surface area contributed by atoms with Crippen LogP contribution in [0.3, 0.4) is 0 Å². The standard InChI is InChI=1S/C64H96O14/c1-10-19-28-67-52-37-48(38-53(68-29-20-11-2)60(52)73-34-25-16-7)45-76-58-43-51(64(65)66)44-59(77-46-49-39-54(69-30-21-12-3)61(74-35-26-17-8)55(40-49)70-31-22-13-4)63(58)78-47-50-41-56(71-32-23-14-5)62(75-36-27-18-9)57(42-50)72-33-24-15-6/h37-44H,10-36,45-47H2,1-9H3,(H,65,66). The molecule has 0 aromatic heterocycles. The molecule has 0 heterocycles. The minimum absolute atomic E-state index is 0.00587. The number of carboxylic acids is 1. The van der Waals surface area contributed by atoms with Gasteiger partial charge in [0.15, 0.2) is 46.0 Å². The van der Waals surface area contributed by atoms with Crippen molar-refractivity contribution in [1.29, 1.82) is 0 Å². The molecule has 14 nitrogen and oxygen atoms in total. The predicted molar refractivity (Wildman–Crippen MR) is 309 cm³/mol. The molecule has 0 aliphatic heterocycles. The minimum atomic E-state index is -1.17. The molecule has 1 N–H and O–H groups in total. The second-order valence-corrected chi connectivity index (χ2v) is 19.6. The number of carboxylic acid groups (broad SMARTS) is 1. The van der Waals surface area contributed by atoms with Crippen molar-refractivity contribution in [3.8, 4) is 69.0 Å². The first kappa shape index (κ1) is 64.5. The topological polar surface area (TPSA) is 148 Å². The molecule has 0 unspecified atom stereocenters. The SMILES string of the molecule is CCCCOc1cc(COc2cc(C(=O)O)cc(OCc3cc(OCCCC)c(OCCCC)c(OCCCC)c3)c2OCc2cc(OCCCC)c(OCCCC)c(OCCCC)c2)cc(OCCCC)c1OCCCC. The maximum Gasteiger partial charge on any atom is 0.335 e. The third-order valence-corrected chi connectivity index (χ3v) is 12.4. The maximum absolute atomic E-state index is 13.0. The lowest BCUT2D eigenvalue weighted by molar-refractivity contribution is 0.0695. The lowest BCUT2D eigenvalue weighted by Crippen LogP contribution is -2.10. The summed E-state index contributed by atoms with van der Waals surface area (Å²) < 4.78 is 77.7. The first-order valence-electron chi connectivity index (χ1n) is 29.6. The van der Waals surface area contributed by atoms with E-state index >= 15 is 0 Å². The number of ether oxygens (including phenoxy) is 12. The van der Waals surface area contributed by atoms with Crippen LogP contribution in [0.25, 0.3) is 0 Å². The molecule has 0 spiro atoms. The number of hydrogen-bond acceptors (Lipinski definition) is 13. The Hall–Kier alpha value is -6.05. The van der Waals surface area contributed by atoms with Crippen molar-refractivity contribution in [2.24, 2.45) is 0 Å². The van der Waals surface area contributed by atoms with E-state index < -0.39 is 5.97 Å². The summed E-state index contributed by atoms with van der Waals surface area (Å²) in [7, 11) is 0. The number of aromatic carboxylic acids is 1. The Balaban J connectivity index is 1.91. The van der Waals surface area contributed by atoms with Gasteiger partial charge in [0.05, 0.1) is 65.0 Å². The van der Waals surface area contributed by atoms with Crippen LogP contribution >= 0.6 is 0 Å². The Morgan fingerprint density at radius 1 is 0.282 bits per heavy atom. The number of unbranched alkanes of at least 4 members (excludes halogenated alkanes) is 9. The summed E-state index contributed by atoms with van der Waals surface area (Å²) in [4.78, 5) is 13.0. The Morgan fingerprint density at radius 3 is 0.692 bits per heavy atom. The van der Waals surface area contributed by atoms with Crippen LogP contribution in [0, 0.1) is 0 Å². The van der Waals surface area contributed by atoms with Crippen molar-refractivity contribution in [3.63, 3.8) is 0 Å². The fourth-order valence-corrected chi connectivity index (χ4v) is 7.66. The summed E-state index contributed by atoms with van der Waals surface area (Å²) in [5, 5.41) is 10.7. The summed E-state index contributed by atoms with van der Waals surface area (Å²) in [5.74, 6) is 4.37. The van der Waals surface area contributed by atoms with Crippen LogP contribution in [-0.2, 0) is 19.8 Å². The van der Waals surface area contributed by atoms with Gasteiger partial charge in [0, 0.05) is 0 Å². The van der Waals surface area contributed by atoms with E-state index in [1.807, 2.05) is 36.4 Å². The fourth-order valence-electron chi connectivity index (χ4n) is 7.66. The fraction of sp³-hybridized carbons (Fsp3) is 0.609. The van der Waals surface area contributed by atoms with Gasteiger partial charge < -0.3 is 61.9 Å². The van der Waals surface area contributed by atoms with Gasteiger partial charge >= 0.3 is 5.97 Å². The lowest BCUT2D eigenvalue weighted by Gasteiger charge is -2.22. The average Bonchev–Trinajstić information content (AvgIpc) is 3.45. The Labute approximate surface area is 468 Å². The monoisotopic (exact) mass is 1090 g/mol. The Kier molecular flexibility index (Phi) is 31.8. The van der Waals surface area contributed by atoms with Gasteiger partial charge in [-0.1, -0.05) is 120 Å². The molecule has 0 fully saturated rings. The number of hydrogen-bond donors (Lipinski definition) is 1. The zero-order valence-electron chi connectivity index (χ0n) is 49.1. The quantitative estimate of drug-likeness (QED) is 0.0418. The van der Waals surface area contributed by atoms with Crippen molar-refractivity contribution in [2.45, 2.75) is 198 Å². The van der Waals surface area contributed by atoms with Crippen LogP contribution in [-0.4, -0.2) is 70.5 Å². The highest BCUT2D eigenvalue weighted by Gasteiger charge is 2.24. The molecule has 436 valence electrons. The zero-order chi connectivity index (χ0) is 56.2. The van der Waals surface area contributed by atoms with Crippen molar-refractivity contribution < 1.29 is 66.7 Å². The molecule has 0 radical (unpaired) electrons. The lowest BCUT2D eigenvalue weighted by atomic mass is 10.1. The summed E-state index contributed by atoms with van der Waals surface area (Å²) in [6.07, 6.45) is 16.4. The molecule has 0 saturated heterocycles. The van der Waals surface area contributed by atoms with Crippen molar-refractivity contribution >= 4 is 5.97 Å². The summed E-state index contributed by atoms with van der Waals surface area (Å²) in [5.41, 5.74) is 2.12. The molecule has 0 aliphatic rings. The highest BCUT2D eigenvalue weighted by molar-refractivity contribution is 5.89. The number of carbonyl (C=O) groups is 1. The van der Waals surface area contributed by atoms with E-state index in [0.29, 0.717) is 111 Å². The molecule has 0 atom stereocenters. The second-order valence-electron chi connectivity index (χ2n) is 19.6. The van der Waals surface area contributed by atoms with Crippen LogP contribution in [0.2, 0.25) is 0 Å². The summed E-state index contributed by atoms with van der Waals surface area (Å²) >= 11 is 0. The molecule has 4 aromatic rings. The molecule has 14 heteroatoms. The minimum Gasteiger partial charge on any atom is -0.490 e. The van der Waals surface area contributed by atoms with E-state index in [0.717, 1.165) is 132 Å². The van der Waals surface area contributed by atoms with Crippen LogP contribution in [0.15, 0.2) is 48.5 Å². The first-order valence-corrected chi connectivity index (χ1v) is 29.6.